The van der Waals surface area contributed by atoms with E-state index in [4.69, 9.17) is 9.88 Å². The summed E-state index contributed by atoms with van der Waals surface area (Å²) in [6.45, 7) is 2.58. The monoisotopic (exact) mass is 475 g/mol. The average molecular weight is 476 g/mol. The summed E-state index contributed by atoms with van der Waals surface area (Å²) < 4.78 is 82.5. The highest BCUT2D eigenvalue weighted by atomic mass is 32.2. The van der Waals surface area contributed by atoms with Gasteiger partial charge in [-0.15, -0.1) is 0 Å². The summed E-state index contributed by atoms with van der Waals surface area (Å²) in [4.78, 5) is -0.411. The molecule has 30 heavy (non-hydrogen) atoms. The minimum atomic E-state index is -4.09. The number of ether oxygens (including phenoxy) is 1. The molecule has 3 N–H and O–H groups in total. The number of morpholine rings is 1. The molecule has 0 spiro atoms. The van der Waals surface area contributed by atoms with Crippen LogP contribution in [0.3, 0.4) is 0 Å². The predicted molar refractivity (Wildman–Crippen MR) is 109 cm³/mol. The van der Waals surface area contributed by atoms with Gasteiger partial charge in [0.15, 0.2) is 0 Å². The number of anilines is 1. The molecular weight excluding hydrogens is 454 g/mol. The largest absolute Gasteiger partial charge is 0.379 e. The molecule has 0 saturated carbocycles. The van der Waals surface area contributed by atoms with Gasteiger partial charge in [0.25, 0.3) is 10.0 Å². The minimum absolute atomic E-state index is 0.00893. The number of primary sulfonamides is 1. The second-order valence-electron chi connectivity index (χ2n) is 6.62. The van der Waals surface area contributed by atoms with E-state index in [0.29, 0.717) is 18.8 Å². The van der Waals surface area contributed by atoms with Crippen molar-refractivity contribution in [1.29, 1.82) is 0 Å². The van der Waals surface area contributed by atoms with Gasteiger partial charge in [0, 0.05) is 13.1 Å². The van der Waals surface area contributed by atoms with Gasteiger partial charge in [-0.3, -0.25) is 4.72 Å². The number of hydrogen-bond donors (Lipinski definition) is 2. The van der Waals surface area contributed by atoms with Crippen LogP contribution in [-0.4, -0.2) is 55.9 Å². The highest BCUT2D eigenvalue weighted by molar-refractivity contribution is 7.92. The van der Waals surface area contributed by atoms with Crippen molar-refractivity contribution >= 4 is 35.8 Å². The zero-order chi connectivity index (χ0) is 22.2. The highest BCUT2D eigenvalue weighted by Crippen LogP contribution is 2.23. The summed E-state index contributed by atoms with van der Waals surface area (Å²) in [6.07, 6.45) is 0. The lowest BCUT2D eigenvalue weighted by atomic mass is 10.2. The van der Waals surface area contributed by atoms with E-state index in [-0.39, 0.29) is 33.5 Å². The Balaban J connectivity index is 1.86. The van der Waals surface area contributed by atoms with Crippen molar-refractivity contribution in [2.24, 2.45) is 5.14 Å². The van der Waals surface area contributed by atoms with Gasteiger partial charge >= 0.3 is 0 Å². The van der Waals surface area contributed by atoms with Crippen LogP contribution in [0.25, 0.3) is 0 Å². The molecule has 164 valence electrons. The van der Waals surface area contributed by atoms with Gasteiger partial charge in [-0.05, 0) is 48.9 Å². The first kappa shape index (κ1) is 22.7. The van der Waals surface area contributed by atoms with Crippen LogP contribution in [0.2, 0.25) is 0 Å². The first-order chi connectivity index (χ1) is 13.9. The molecule has 0 atom stereocenters. The zero-order valence-corrected chi connectivity index (χ0v) is 18.4. The van der Waals surface area contributed by atoms with Crippen molar-refractivity contribution in [3.8, 4) is 0 Å². The van der Waals surface area contributed by atoms with Crippen molar-refractivity contribution < 1.29 is 30.0 Å². The summed E-state index contributed by atoms with van der Waals surface area (Å²) >= 11 is 0. The number of rotatable bonds is 6. The molecule has 0 bridgehead atoms. The fourth-order valence-electron chi connectivity index (χ4n) is 2.91. The molecule has 0 unspecified atom stereocenters. The van der Waals surface area contributed by atoms with Crippen LogP contribution in [0.4, 0.5) is 5.69 Å². The third kappa shape index (κ3) is 4.82. The molecule has 0 radical (unpaired) electrons. The quantitative estimate of drug-likeness (QED) is 0.615. The zero-order valence-electron chi connectivity index (χ0n) is 16.0. The number of aryl methyl sites for hydroxylation is 1. The smallest absolute Gasteiger partial charge is 0.261 e. The van der Waals surface area contributed by atoms with E-state index >= 15 is 0 Å². The number of benzene rings is 2. The highest BCUT2D eigenvalue weighted by Gasteiger charge is 2.27. The Kier molecular flexibility index (Phi) is 6.23. The van der Waals surface area contributed by atoms with E-state index in [1.165, 1.54) is 47.6 Å². The van der Waals surface area contributed by atoms with E-state index < -0.39 is 30.1 Å². The van der Waals surface area contributed by atoms with Crippen molar-refractivity contribution in [2.45, 2.75) is 21.6 Å². The SMILES string of the molecule is Cc1ccc(NS(=O)(=O)c2ccc(S(=O)(=O)N3CCOCC3)cc2)cc1S(N)(=O)=O. The maximum atomic E-state index is 12.6. The van der Waals surface area contributed by atoms with Gasteiger partial charge in [0.1, 0.15) is 0 Å². The number of nitrogens with one attached hydrogen (secondary N) is 1. The first-order valence-electron chi connectivity index (χ1n) is 8.75. The fourth-order valence-corrected chi connectivity index (χ4v) is 6.18. The Morgan fingerprint density at radius 1 is 0.900 bits per heavy atom. The molecule has 13 heteroatoms. The molecule has 0 amide bonds. The van der Waals surface area contributed by atoms with E-state index in [0.717, 1.165) is 6.07 Å². The van der Waals surface area contributed by atoms with E-state index in [2.05, 4.69) is 4.72 Å². The predicted octanol–water partition coefficient (Wildman–Crippen LogP) is 0.464. The Morgan fingerprint density at radius 2 is 1.47 bits per heavy atom. The molecule has 1 fully saturated rings. The maximum Gasteiger partial charge on any atom is 0.261 e. The number of sulfonamides is 3. The van der Waals surface area contributed by atoms with Gasteiger partial charge in [-0.1, -0.05) is 6.07 Å². The van der Waals surface area contributed by atoms with Crippen molar-refractivity contribution in [3.05, 3.63) is 48.0 Å². The van der Waals surface area contributed by atoms with Gasteiger partial charge in [-0.25, -0.2) is 30.4 Å². The van der Waals surface area contributed by atoms with Crippen LogP contribution in [0.1, 0.15) is 5.56 Å². The topological polar surface area (TPSA) is 153 Å². The van der Waals surface area contributed by atoms with Crippen LogP contribution in [-0.2, 0) is 34.8 Å². The molecule has 2 aromatic rings. The Morgan fingerprint density at radius 3 is 2.03 bits per heavy atom. The van der Waals surface area contributed by atoms with Crippen LogP contribution in [0.5, 0.6) is 0 Å². The maximum absolute atomic E-state index is 12.6. The van der Waals surface area contributed by atoms with Crippen LogP contribution in [0, 0.1) is 6.92 Å². The number of nitrogens with two attached hydrogens (primary N) is 1. The van der Waals surface area contributed by atoms with Crippen LogP contribution >= 0.6 is 0 Å². The number of hydrogen-bond acceptors (Lipinski definition) is 7. The Bertz CT molecular complexity index is 1250. The van der Waals surface area contributed by atoms with Crippen LogP contribution in [0.15, 0.2) is 57.2 Å². The summed E-state index contributed by atoms with van der Waals surface area (Å²) in [5.74, 6) is 0. The number of nitrogens with zero attached hydrogens (tertiary/aromatic N) is 1. The standard InChI is InChI=1S/C17H21N3O7S3/c1-13-2-3-14(12-17(13)28(18,21)22)19-29(23,24)15-4-6-16(7-5-15)30(25,26)20-8-10-27-11-9-20/h2-7,12,19H,8-11H2,1H3,(H2,18,21,22). The summed E-state index contributed by atoms with van der Waals surface area (Å²) in [7, 11) is -11.9. The fraction of sp³-hybridized carbons (Fsp3) is 0.294. The van der Waals surface area contributed by atoms with Gasteiger partial charge in [-0.2, -0.15) is 4.31 Å². The average Bonchev–Trinajstić information content (AvgIpc) is 2.69. The molecule has 3 rings (SSSR count). The summed E-state index contributed by atoms with van der Waals surface area (Å²) in [6, 6.07) is 8.72. The van der Waals surface area contributed by atoms with Crippen LogP contribution < -0.4 is 9.86 Å². The Labute approximate surface area is 175 Å². The molecule has 0 aromatic heterocycles. The van der Waals surface area contributed by atoms with E-state index in [9.17, 15) is 25.3 Å². The summed E-state index contributed by atoms with van der Waals surface area (Å²) in [5.41, 5.74) is 0.382. The van der Waals surface area contributed by atoms with Crippen molar-refractivity contribution in [1.82, 2.24) is 4.31 Å². The molecule has 1 aliphatic rings. The van der Waals surface area contributed by atoms with E-state index in [1.54, 1.807) is 0 Å². The third-order valence-electron chi connectivity index (χ3n) is 4.49. The second-order valence-corrected chi connectivity index (χ2v) is 11.8. The lowest BCUT2D eigenvalue weighted by molar-refractivity contribution is 0.0730. The Hall–Kier alpha value is -2.03. The van der Waals surface area contributed by atoms with Gasteiger partial charge in [0.2, 0.25) is 20.0 Å². The molecule has 2 aromatic carbocycles. The lowest BCUT2D eigenvalue weighted by Crippen LogP contribution is -2.40. The molecule has 1 saturated heterocycles. The minimum Gasteiger partial charge on any atom is -0.379 e. The molecule has 1 heterocycles. The molecular formula is C17H21N3O7S3. The third-order valence-corrected chi connectivity index (χ3v) is 8.85. The van der Waals surface area contributed by atoms with Gasteiger partial charge in [0.05, 0.1) is 33.6 Å². The first-order valence-corrected chi connectivity index (χ1v) is 13.2. The lowest BCUT2D eigenvalue weighted by Gasteiger charge is -2.26. The molecule has 10 nitrogen and oxygen atoms in total. The van der Waals surface area contributed by atoms with Gasteiger partial charge < -0.3 is 4.74 Å². The van der Waals surface area contributed by atoms with E-state index in [1.807, 2.05) is 0 Å². The normalized spacial score (nSPS) is 16.3. The summed E-state index contributed by atoms with van der Waals surface area (Å²) in [5, 5.41) is 5.15. The molecule has 1 aliphatic heterocycles. The second kappa shape index (κ2) is 8.24. The van der Waals surface area contributed by atoms with Crippen molar-refractivity contribution in [3.63, 3.8) is 0 Å². The van der Waals surface area contributed by atoms with Crippen molar-refractivity contribution in [2.75, 3.05) is 31.0 Å². The molecule has 0 aliphatic carbocycles.